The topological polar surface area (TPSA) is 74.7 Å². The van der Waals surface area contributed by atoms with Gasteiger partial charge >= 0.3 is 12.1 Å². The van der Waals surface area contributed by atoms with Crippen LogP contribution in [0.5, 0.6) is 0 Å². The van der Waals surface area contributed by atoms with Crippen LogP contribution in [-0.2, 0) is 14.8 Å². The van der Waals surface area contributed by atoms with Crippen LogP contribution in [-0.4, -0.2) is 53.4 Å². The number of halogens is 3. The molecule has 1 fully saturated rings. The lowest BCUT2D eigenvalue weighted by Gasteiger charge is -2.25. The van der Waals surface area contributed by atoms with Gasteiger partial charge in [-0.1, -0.05) is 0 Å². The first-order valence-corrected chi connectivity index (χ1v) is 6.84. The van der Waals surface area contributed by atoms with E-state index in [9.17, 15) is 26.4 Å². The number of hydrogen-bond acceptors (Lipinski definition) is 4. The van der Waals surface area contributed by atoms with Gasteiger partial charge in [0.25, 0.3) is 0 Å². The Bertz CT molecular complexity index is 393. The molecule has 0 unspecified atom stereocenters. The van der Waals surface area contributed by atoms with Gasteiger partial charge < -0.3 is 5.11 Å². The minimum Gasteiger partial charge on any atom is -0.480 e. The summed E-state index contributed by atoms with van der Waals surface area (Å²) in [7, 11) is -4.22. The minimum atomic E-state index is -4.78. The zero-order valence-electron chi connectivity index (χ0n) is 7.93. The molecule has 0 amide bonds. The summed E-state index contributed by atoms with van der Waals surface area (Å²) in [5.74, 6) is -1.99. The predicted octanol–water partition coefficient (Wildman–Crippen LogP) is 0.336. The van der Waals surface area contributed by atoms with Crippen LogP contribution in [0, 0.1) is 0 Å². The standard InChI is InChI=1S/C6H8F3NO4S2/c1-16(13,14)10-3(4(11)12)2-15-5(10)6(7,8)9/h3,5H,2H2,1H3,(H,11,12)/t3-,5-/m1/s1. The van der Waals surface area contributed by atoms with Crippen LogP contribution in [0.4, 0.5) is 13.2 Å². The number of rotatable bonds is 2. The quantitative estimate of drug-likeness (QED) is 0.788. The van der Waals surface area contributed by atoms with E-state index in [-0.39, 0.29) is 16.1 Å². The Morgan fingerprint density at radius 1 is 1.50 bits per heavy atom. The lowest BCUT2D eigenvalue weighted by Crippen LogP contribution is -2.49. The van der Waals surface area contributed by atoms with Crippen molar-refractivity contribution in [2.75, 3.05) is 12.0 Å². The number of hydrogen-bond donors (Lipinski definition) is 1. The fourth-order valence-electron chi connectivity index (χ4n) is 1.32. The Kier molecular flexibility index (Phi) is 3.46. The molecule has 0 aromatic carbocycles. The first-order valence-electron chi connectivity index (χ1n) is 3.95. The van der Waals surface area contributed by atoms with Crippen molar-refractivity contribution < 1.29 is 31.5 Å². The van der Waals surface area contributed by atoms with Gasteiger partial charge in [0.1, 0.15) is 6.04 Å². The van der Waals surface area contributed by atoms with E-state index in [1.165, 1.54) is 0 Å². The summed E-state index contributed by atoms with van der Waals surface area (Å²) in [5, 5.41) is 6.33. The van der Waals surface area contributed by atoms with Crippen LogP contribution in [0.1, 0.15) is 0 Å². The van der Waals surface area contributed by atoms with Crippen molar-refractivity contribution in [1.29, 1.82) is 0 Å². The van der Waals surface area contributed by atoms with Gasteiger partial charge in [0.05, 0.1) is 6.26 Å². The van der Waals surface area contributed by atoms with Gasteiger partial charge in [0, 0.05) is 5.75 Å². The minimum absolute atomic E-state index is 0. The molecule has 0 radical (unpaired) electrons. The number of nitrogens with zero attached hydrogens (tertiary/aromatic N) is 1. The van der Waals surface area contributed by atoms with Crippen molar-refractivity contribution in [3.63, 3.8) is 0 Å². The second-order valence-corrected chi connectivity index (χ2v) is 6.18. The molecule has 5 nitrogen and oxygen atoms in total. The molecular formula is C6H8F3NO4S2. The highest BCUT2D eigenvalue weighted by Crippen LogP contribution is 2.41. The molecule has 0 spiro atoms. The third-order valence-corrected chi connectivity index (χ3v) is 4.58. The van der Waals surface area contributed by atoms with Crippen molar-refractivity contribution in [3.8, 4) is 0 Å². The highest BCUT2D eigenvalue weighted by Gasteiger charge is 2.55. The Morgan fingerprint density at radius 2 is 2.00 bits per heavy atom. The fourth-order valence-corrected chi connectivity index (χ4v) is 4.31. The molecule has 1 N–H and O–H groups in total. The SMILES string of the molecule is CS(=O)(=O)N1[C@@H](C(=O)O)CS[C@@H]1C(F)(F)F. The molecule has 0 bridgehead atoms. The zero-order valence-corrected chi connectivity index (χ0v) is 9.56. The molecule has 10 heteroatoms. The zero-order chi connectivity index (χ0) is 12.7. The molecule has 0 aromatic heterocycles. The lowest BCUT2D eigenvalue weighted by atomic mass is 10.3. The average Bonchev–Trinajstić information content (AvgIpc) is 2.43. The van der Waals surface area contributed by atoms with E-state index in [4.69, 9.17) is 5.11 Å². The largest absolute Gasteiger partial charge is 0.480 e. The number of carboxylic acid groups (broad SMARTS) is 1. The molecule has 1 rings (SSSR count). The summed E-state index contributed by atoms with van der Waals surface area (Å²) in [4.78, 5) is 10.6. The lowest BCUT2D eigenvalue weighted by molar-refractivity contribution is -0.155. The maximum Gasteiger partial charge on any atom is 0.414 e. The Hall–Kier alpha value is -0.480. The number of carbonyl (C=O) groups is 1. The molecule has 1 heterocycles. The molecule has 0 saturated carbocycles. The van der Waals surface area contributed by atoms with Gasteiger partial charge in [0.15, 0.2) is 5.37 Å². The number of thioether (sulfide) groups is 1. The Morgan fingerprint density at radius 3 is 2.31 bits per heavy atom. The maximum atomic E-state index is 12.5. The first kappa shape index (κ1) is 13.6. The maximum absolute atomic E-state index is 12.5. The molecule has 16 heavy (non-hydrogen) atoms. The van der Waals surface area contributed by atoms with E-state index in [1.54, 1.807) is 0 Å². The van der Waals surface area contributed by atoms with Crippen molar-refractivity contribution in [1.82, 2.24) is 4.31 Å². The second-order valence-electron chi connectivity index (χ2n) is 3.17. The molecule has 0 aliphatic carbocycles. The van der Waals surface area contributed by atoms with Crippen LogP contribution < -0.4 is 0 Å². The number of aliphatic carboxylic acids is 1. The summed E-state index contributed by atoms with van der Waals surface area (Å²) in [6, 6.07) is -1.66. The summed E-state index contributed by atoms with van der Waals surface area (Å²) >= 11 is 0.262. The van der Waals surface area contributed by atoms with Crippen LogP contribution in [0.25, 0.3) is 0 Å². The third kappa shape index (κ3) is 2.61. The van der Waals surface area contributed by atoms with Gasteiger partial charge in [-0.3, -0.25) is 4.79 Å². The summed E-state index contributed by atoms with van der Waals surface area (Å²) < 4.78 is 59.7. The first-order chi connectivity index (χ1) is 7.05. The van der Waals surface area contributed by atoms with E-state index >= 15 is 0 Å². The Balaban J connectivity index is 3.13. The van der Waals surface area contributed by atoms with Crippen molar-refractivity contribution >= 4 is 27.8 Å². The van der Waals surface area contributed by atoms with Crippen LogP contribution in [0.2, 0.25) is 0 Å². The van der Waals surface area contributed by atoms with Gasteiger partial charge in [-0.2, -0.15) is 17.5 Å². The highest BCUT2D eigenvalue weighted by atomic mass is 32.2. The van der Waals surface area contributed by atoms with E-state index in [0.717, 1.165) is 0 Å². The normalized spacial score (nSPS) is 28.2. The van der Waals surface area contributed by atoms with Crippen molar-refractivity contribution in [2.45, 2.75) is 17.6 Å². The van der Waals surface area contributed by atoms with E-state index in [0.29, 0.717) is 6.26 Å². The summed E-state index contributed by atoms with van der Waals surface area (Å²) in [5.41, 5.74) is 0. The number of alkyl halides is 3. The van der Waals surface area contributed by atoms with Crippen LogP contribution in [0.15, 0.2) is 0 Å². The molecule has 0 aromatic rings. The van der Waals surface area contributed by atoms with E-state index in [1.807, 2.05) is 0 Å². The van der Waals surface area contributed by atoms with E-state index < -0.39 is 39.3 Å². The molecule has 2 atom stereocenters. The monoisotopic (exact) mass is 279 g/mol. The highest BCUT2D eigenvalue weighted by molar-refractivity contribution is 8.01. The van der Waals surface area contributed by atoms with Crippen LogP contribution in [0.3, 0.4) is 0 Å². The van der Waals surface area contributed by atoms with Crippen molar-refractivity contribution in [2.24, 2.45) is 0 Å². The molecule has 94 valence electrons. The van der Waals surface area contributed by atoms with Crippen molar-refractivity contribution in [3.05, 3.63) is 0 Å². The van der Waals surface area contributed by atoms with Gasteiger partial charge in [-0.15, -0.1) is 11.8 Å². The third-order valence-electron chi connectivity index (χ3n) is 1.90. The van der Waals surface area contributed by atoms with Gasteiger partial charge in [-0.05, 0) is 0 Å². The summed E-state index contributed by atoms with van der Waals surface area (Å²) in [6.07, 6.45) is -4.22. The average molecular weight is 279 g/mol. The van der Waals surface area contributed by atoms with Gasteiger partial charge in [-0.25, -0.2) is 8.42 Å². The molecule has 1 saturated heterocycles. The fraction of sp³-hybridized carbons (Fsp3) is 0.833. The van der Waals surface area contributed by atoms with Gasteiger partial charge in [0.2, 0.25) is 10.0 Å². The molecule has 1 aliphatic rings. The molecule has 1 aliphatic heterocycles. The van der Waals surface area contributed by atoms with E-state index in [2.05, 4.69) is 0 Å². The molecular weight excluding hydrogens is 271 g/mol. The Labute approximate surface area is 93.7 Å². The number of sulfonamides is 1. The van der Waals surface area contributed by atoms with Crippen LogP contribution >= 0.6 is 11.8 Å². The number of carboxylic acids is 1. The predicted molar refractivity (Wildman–Crippen MR) is 50.4 cm³/mol. The summed E-state index contributed by atoms with van der Waals surface area (Å²) in [6.45, 7) is 0. The smallest absolute Gasteiger partial charge is 0.414 e. The second kappa shape index (κ2) is 4.08.